The minimum absolute atomic E-state index is 0.00268. The van der Waals surface area contributed by atoms with Gasteiger partial charge < -0.3 is 19.3 Å². The van der Waals surface area contributed by atoms with E-state index in [1.807, 2.05) is 42.5 Å². The molecule has 0 fully saturated rings. The molecule has 2 aromatic heterocycles. The standard InChI is InChI=1S/C20H17NO4/c1-20(23,18-11-14-7-3-5-9-16(14)25-18)12-21-19(22)17-10-13-6-2-4-8-15(13)24-17/h2-11,23H,12H2,1H3,(H,21,22). The van der Waals surface area contributed by atoms with Gasteiger partial charge in [-0.2, -0.15) is 0 Å². The monoisotopic (exact) mass is 335 g/mol. The number of para-hydroxylation sites is 2. The van der Waals surface area contributed by atoms with Crippen LogP contribution in [0.25, 0.3) is 21.9 Å². The average molecular weight is 335 g/mol. The summed E-state index contributed by atoms with van der Waals surface area (Å²) in [5.74, 6) is 0.229. The predicted octanol–water partition coefficient (Wildman–Crippen LogP) is 3.82. The summed E-state index contributed by atoms with van der Waals surface area (Å²) in [5, 5.41) is 15.1. The lowest BCUT2D eigenvalue weighted by atomic mass is 10.0. The predicted molar refractivity (Wildman–Crippen MR) is 94.3 cm³/mol. The Morgan fingerprint density at radius 1 is 1.00 bits per heavy atom. The second-order valence-corrected chi connectivity index (χ2v) is 6.25. The Kier molecular flexibility index (Phi) is 3.58. The van der Waals surface area contributed by atoms with Gasteiger partial charge in [-0.15, -0.1) is 0 Å². The van der Waals surface area contributed by atoms with E-state index in [2.05, 4.69) is 5.32 Å². The minimum atomic E-state index is -1.33. The van der Waals surface area contributed by atoms with Crippen LogP contribution in [0.4, 0.5) is 0 Å². The lowest BCUT2D eigenvalue weighted by Gasteiger charge is -2.20. The van der Waals surface area contributed by atoms with Gasteiger partial charge in [-0.3, -0.25) is 4.79 Å². The summed E-state index contributed by atoms with van der Waals surface area (Å²) in [7, 11) is 0. The van der Waals surface area contributed by atoms with E-state index in [1.165, 1.54) is 0 Å². The van der Waals surface area contributed by atoms with E-state index >= 15 is 0 Å². The molecule has 126 valence electrons. The van der Waals surface area contributed by atoms with Crippen molar-refractivity contribution in [3.05, 3.63) is 72.2 Å². The van der Waals surface area contributed by atoms with E-state index in [0.717, 1.165) is 10.8 Å². The SMILES string of the molecule is CC(O)(CNC(=O)c1cc2ccccc2o1)c1cc2ccccc2o1. The van der Waals surface area contributed by atoms with Crippen LogP contribution < -0.4 is 5.32 Å². The van der Waals surface area contributed by atoms with Gasteiger partial charge in [0, 0.05) is 10.8 Å². The summed E-state index contributed by atoms with van der Waals surface area (Å²) in [4.78, 5) is 12.3. The van der Waals surface area contributed by atoms with Crippen molar-refractivity contribution in [3.8, 4) is 0 Å². The van der Waals surface area contributed by atoms with Crippen molar-refractivity contribution in [2.24, 2.45) is 0 Å². The molecule has 25 heavy (non-hydrogen) atoms. The van der Waals surface area contributed by atoms with E-state index < -0.39 is 5.60 Å². The smallest absolute Gasteiger partial charge is 0.287 e. The normalized spacial score (nSPS) is 13.8. The fourth-order valence-corrected chi connectivity index (χ4v) is 2.77. The fraction of sp³-hybridized carbons (Fsp3) is 0.150. The van der Waals surface area contributed by atoms with Crippen molar-refractivity contribution in [2.45, 2.75) is 12.5 Å². The number of aliphatic hydroxyl groups is 1. The number of carbonyl (C=O) groups excluding carboxylic acids is 1. The van der Waals surface area contributed by atoms with Gasteiger partial charge in [0.05, 0.1) is 6.54 Å². The molecule has 1 amide bonds. The van der Waals surface area contributed by atoms with Crippen molar-refractivity contribution in [1.29, 1.82) is 0 Å². The molecule has 0 saturated carbocycles. The van der Waals surface area contributed by atoms with Crippen LogP contribution in [0.3, 0.4) is 0 Å². The Bertz CT molecular complexity index is 992. The molecule has 0 radical (unpaired) electrons. The van der Waals surface area contributed by atoms with Crippen molar-refractivity contribution < 1.29 is 18.7 Å². The van der Waals surface area contributed by atoms with Gasteiger partial charge >= 0.3 is 0 Å². The highest BCUT2D eigenvalue weighted by atomic mass is 16.4. The fourth-order valence-electron chi connectivity index (χ4n) is 2.77. The zero-order chi connectivity index (χ0) is 17.4. The Morgan fingerprint density at radius 3 is 2.24 bits per heavy atom. The molecule has 0 bridgehead atoms. The lowest BCUT2D eigenvalue weighted by molar-refractivity contribution is 0.0340. The molecule has 0 saturated heterocycles. The van der Waals surface area contributed by atoms with Gasteiger partial charge in [-0.25, -0.2) is 0 Å². The first-order valence-electron chi connectivity index (χ1n) is 8.01. The molecule has 0 aliphatic carbocycles. The van der Waals surface area contributed by atoms with Crippen LogP contribution in [-0.2, 0) is 5.60 Å². The van der Waals surface area contributed by atoms with Gasteiger partial charge in [0.15, 0.2) is 5.76 Å². The third kappa shape index (κ3) is 2.90. The molecule has 1 unspecified atom stereocenters. The Balaban J connectivity index is 1.51. The molecular formula is C20H17NO4. The topological polar surface area (TPSA) is 75.6 Å². The number of hydrogen-bond acceptors (Lipinski definition) is 4. The lowest BCUT2D eigenvalue weighted by Crippen LogP contribution is -2.38. The van der Waals surface area contributed by atoms with E-state index in [0.29, 0.717) is 16.9 Å². The Hall–Kier alpha value is -3.05. The molecule has 5 nitrogen and oxygen atoms in total. The number of rotatable bonds is 4. The van der Waals surface area contributed by atoms with E-state index in [1.54, 1.807) is 25.1 Å². The Morgan fingerprint density at radius 2 is 1.60 bits per heavy atom. The van der Waals surface area contributed by atoms with Gasteiger partial charge in [0.25, 0.3) is 5.91 Å². The first kappa shape index (κ1) is 15.5. The minimum Gasteiger partial charge on any atom is -0.458 e. The summed E-state index contributed by atoms with van der Waals surface area (Å²) < 4.78 is 11.2. The molecule has 1 atom stereocenters. The average Bonchev–Trinajstić information content (AvgIpc) is 3.23. The number of fused-ring (bicyclic) bond motifs is 2. The van der Waals surface area contributed by atoms with Crippen LogP contribution >= 0.6 is 0 Å². The summed E-state index contributed by atoms with van der Waals surface area (Å²) in [5.41, 5.74) is 0.0128. The van der Waals surface area contributed by atoms with Crippen LogP contribution in [0.1, 0.15) is 23.2 Å². The first-order chi connectivity index (χ1) is 12.0. The molecule has 0 aliphatic heterocycles. The highest BCUT2D eigenvalue weighted by Gasteiger charge is 2.28. The van der Waals surface area contributed by atoms with Crippen molar-refractivity contribution in [2.75, 3.05) is 6.54 Å². The van der Waals surface area contributed by atoms with Crippen LogP contribution in [0.2, 0.25) is 0 Å². The van der Waals surface area contributed by atoms with Gasteiger partial charge in [0.2, 0.25) is 0 Å². The summed E-state index contributed by atoms with van der Waals surface area (Å²) in [6, 6.07) is 18.4. The maximum Gasteiger partial charge on any atom is 0.287 e. The molecular weight excluding hydrogens is 318 g/mol. The number of amides is 1. The van der Waals surface area contributed by atoms with Gasteiger partial charge in [-0.1, -0.05) is 36.4 Å². The second-order valence-electron chi connectivity index (χ2n) is 6.25. The zero-order valence-electron chi connectivity index (χ0n) is 13.7. The van der Waals surface area contributed by atoms with Crippen LogP contribution in [0, 0.1) is 0 Å². The maximum absolute atomic E-state index is 12.3. The first-order valence-corrected chi connectivity index (χ1v) is 8.01. The van der Waals surface area contributed by atoms with Gasteiger partial charge in [0.1, 0.15) is 22.5 Å². The summed E-state index contributed by atoms with van der Waals surface area (Å²) >= 11 is 0. The van der Waals surface area contributed by atoms with Gasteiger partial charge in [-0.05, 0) is 31.2 Å². The van der Waals surface area contributed by atoms with E-state index in [9.17, 15) is 9.90 Å². The molecule has 0 aliphatic rings. The largest absolute Gasteiger partial charge is 0.458 e. The number of nitrogens with one attached hydrogen (secondary N) is 1. The van der Waals surface area contributed by atoms with Crippen LogP contribution in [0.15, 0.2) is 69.5 Å². The van der Waals surface area contributed by atoms with Crippen LogP contribution in [-0.4, -0.2) is 17.6 Å². The van der Waals surface area contributed by atoms with Crippen LogP contribution in [0.5, 0.6) is 0 Å². The number of benzene rings is 2. The van der Waals surface area contributed by atoms with E-state index in [4.69, 9.17) is 8.83 Å². The third-order valence-corrected chi connectivity index (χ3v) is 4.20. The zero-order valence-corrected chi connectivity index (χ0v) is 13.7. The molecule has 4 rings (SSSR count). The molecule has 2 aromatic carbocycles. The molecule has 5 heteroatoms. The van der Waals surface area contributed by atoms with Crippen molar-refractivity contribution in [1.82, 2.24) is 5.32 Å². The molecule has 4 aromatic rings. The quantitative estimate of drug-likeness (QED) is 0.594. The van der Waals surface area contributed by atoms with Crippen molar-refractivity contribution >= 4 is 27.8 Å². The molecule has 0 spiro atoms. The highest BCUT2D eigenvalue weighted by Crippen LogP contribution is 2.27. The Labute approximate surface area is 143 Å². The number of carbonyl (C=O) groups is 1. The van der Waals surface area contributed by atoms with Crippen molar-refractivity contribution in [3.63, 3.8) is 0 Å². The maximum atomic E-state index is 12.3. The molecule has 2 heterocycles. The summed E-state index contributed by atoms with van der Waals surface area (Å²) in [6.45, 7) is 1.60. The third-order valence-electron chi connectivity index (χ3n) is 4.20. The highest BCUT2D eigenvalue weighted by molar-refractivity contribution is 5.96. The van der Waals surface area contributed by atoms with E-state index in [-0.39, 0.29) is 18.2 Å². The number of hydrogen-bond donors (Lipinski definition) is 2. The number of furan rings is 2. The second kappa shape index (κ2) is 5.79. The summed E-state index contributed by atoms with van der Waals surface area (Å²) in [6.07, 6.45) is 0. The molecule has 2 N–H and O–H groups in total.